The van der Waals surface area contributed by atoms with Gasteiger partial charge in [-0.2, -0.15) is 0 Å². The van der Waals surface area contributed by atoms with Crippen molar-refractivity contribution in [2.45, 2.75) is 40.5 Å². The minimum atomic E-state index is -0.178. The monoisotopic (exact) mass is 460 g/mol. The Morgan fingerprint density at radius 3 is 2.76 bits per heavy atom. The van der Waals surface area contributed by atoms with E-state index in [4.69, 9.17) is 4.40 Å². The SMILES string of the molecule is C=C(/C=C\C=C(/C)C1=NSBC(CC)=C1/C=C(\C)c1c(C)cccc1F)C1=CCN(C)CC1. The second-order valence-corrected chi connectivity index (χ2v) is 9.55. The van der Waals surface area contributed by atoms with Crippen LogP contribution in [0.1, 0.15) is 44.7 Å². The van der Waals surface area contributed by atoms with Gasteiger partial charge >= 0.3 is 0 Å². The lowest BCUT2D eigenvalue weighted by molar-refractivity contribution is 0.361. The van der Waals surface area contributed by atoms with Gasteiger partial charge in [-0.05, 0) is 86.2 Å². The molecule has 0 amide bonds. The van der Waals surface area contributed by atoms with E-state index in [1.165, 1.54) is 17.1 Å². The van der Waals surface area contributed by atoms with Gasteiger partial charge in [-0.25, -0.2) is 8.79 Å². The number of nitrogens with zero attached hydrogens (tertiary/aromatic N) is 2. The highest BCUT2D eigenvalue weighted by molar-refractivity contribution is 8.22. The van der Waals surface area contributed by atoms with Gasteiger partial charge in [0.1, 0.15) is 5.82 Å². The molecule has 0 aromatic heterocycles. The predicted octanol–water partition coefficient (Wildman–Crippen LogP) is 6.98. The maximum Gasteiger partial charge on any atom is 0.251 e. The molecule has 1 aromatic rings. The van der Waals surface area contributed by atoms with Crippen molar-refractivity contribution in [2.24, 2.45) is 4.40 Å². The van der Waals surface area contributed by atoms with E-state index in [0.29, 0.717) is 5.56 Å². The highest BCUT2D eigenvalue weighted by Gasteiger charge is 2.19. The maximum atomic E-state index is 14.6. The van der Waals surface area contributed by atoms with Gasteiger partial charge in [-0.15, -0.1) is 0 Å². The zero-order chi connectivity index (χ0) is 24.0. The highest BCUT2D eigenvalue weighted by Crippen LogP contribution is 2.30. The van der Waals surface area contributed by atoms with Gasteiger partial charge < -0.3 is 4.90 Å². The number of allylic oxidation sites excluding steroid dienone is 9. The Kier molecular flexibility index (Phi) is 8.93. The molecule has 1 aromatic carbocycles. The van der Waals surface area contributed by atoms with Crippen molar-refractivity contribution in [2.75, 3.05) is 20.1 Å². The number of likely N-dealkylation sites (N-methyl/N-ethyl adjacent to an activating group) is 1. The first-order valence-electron chi connectivity index (χ1n) is 11.6. The van der Waals surface area contributed by atoms with E-state index in [9.17, 15) is 4.39 Å². The molecule has 0 saturated carbocycles. The average Bonchev–Trinajstić information content (AvgIpc) is 2.79. The zero-order valence-corrected chi connectivity index (χ0v) is 21.4. The number of benzene rings is 1. The van der Waals surface area contributed by atoms with Crippen molar-refractivity contribution < 1.29 is 4.39 Å². The fraction of sp³-hybridized carbons (Fsp3) is 0.321. The summed E-state index contributed by atoms with van der Waals surface area (Å²) in [5, 5.41) is 0. The Labute approximate surface area is 203 Å². The number of aryl methyl sites for hydroxylation is 1. The normalized spacial score (nSPS) is 18.4. The quantitative estimate of drug-likeness (QED) is 0.248. The molecule has 172 valence electrons. The number of hydrogen-bond acceptors (Lipinski definition) is 3. The molecular weight excluding hydrogens is 426 g/mol. The molecule has 0 aliphatic carbocycles. The summed E-state index contributed by atoms with van der Waals surface area (Å²) in [6.45, 7) is 15.4. The second kappa shape index (κ2) is 11.7. The largest absolute Gasteiger partial charge is 0.302 e. The van der Waals surface area contributed by atoms with E-state index < -0.39 is 0 Å². The number of hydrogen-bond donors (Lipinski definition) is 0. The van der Waals surface area contributed by atoms with Crippen LogP contribution in [0.5, 0.6) is 0 Å². The topological polar surface area (TPSA) is 15.6 Å². The lowest BCUT2D eigenvalue weighted by Crippen LogP contribution is -2.24. The van der Waals surface area contributed by atoms with Gasteiger partial charge in [0.15, 0.2) is 0 Å². The van der Waals surface area contributed by atoms with E-state index in [-0.39, 0.29) is 5.82 Å². The fourth-order valence-electron chi connectivity index (χ4n) is 4.19. The summed E-state index contributed by atoms with van der Waals surface area (Å²) >= 11 is 1.59. The first kappa shape index (κ1) is 25.3. The van der Waals surface area contributed by atoms with Gasteiger partial charge in [-0.1, -0.05) is 67.2 Å². The van der Waals surface area contributed by atoms with Crippen LogP contribution in [0.15, 0.2) is 87.3 Å². The van der Waals surface area contributed by atoms with Crippen LogP contribution in [0.2, 0.25) is 0 Å². The molecule has 0 atom stereocenters. The molecule has 2 aliphatic rings. The minimum absolute atomic E-state index is 0.178. The third-order valence-corrected chi connectivity index (χ3v) is 7.07. The lowest BCUT2D eigenvalue weighted by atomic mass is 9.81. The first-order chi connectivity index (χ1) is 15.8. The van der Waals surface area contributed by atoms with Crippen LogP contribution in [0.3, 0.4) is 0 Å². The molecule has 2 aliphatic heterocycles. The predicted molar refractivity (Wildman–Crippen MR) is 147 cm³/mol. The molecule has 3 rings (SSSR count). The molecule has 2 heterocycles. The smallest absolute Gasteiger partial charge is 0.251 e. The fourth-order valence-corrected chi connectivity index (χ4v) is 5.14. The zero-order valence-electron chi connectivity index (χ0n) is 20.5. The van der Waals surface area contributed by atoms with Crippen molar-refractivity contribution in [3.05, 3.63) is 99.9 Å². The van der Waals surface area contributed by atoms with E-state index in [1.807, 2.05) is 19.9 Å². The molecule has 0 spiro atoms. The van der Waals surface area contributed by atoms with Crippen molar-refractivity contribution in [1.29, 1.82) is 0 Å². The lowest BCUT2D eigenvalue weighted by Gasteiger charge is -2.22. The van der Waals surface area contributed by atoms with Crippen LogP contribution in [0.25, 0.3) is 5.57 Å². The molecule has 0 unspecified atom stereocenters. The second-order valence-electron chi connectivity index (χ2n) is 8.82. The summed E-state index contributed by atoms with van der Waals surface area (Å²) in [6, 6.07) is 5.25. The van der Waals surface area contributed by atoms with Crippen molar-refractivity contribution >= 4 is 29.6 Å². The molecule has 0 fully saturated rings. The van der Waals surface area contributed by atoms with E-state index in [1.54, 1.807) is 17.9 Å². The average molecular weight is 460 g/mol. The van der Waals surface area contributed by atoms with Crippen LogP contribution in [0, 0.1) is 12.7 Å². The summed E-state index contributed by atoms with van der Waals surface area (Å²) in [5.74, 6) is -0.178. The summed E-state index contributed by atoms with van der Waals surface area (Å²) in [7, 11) is 2.14. The van der Waals surface area contributed by atoms with Crippen LogP contribution < -0.4 is 0 Å². The van der Waals surface area contributed by atoms with Crippen LogP contribution in [0.4, 0.5) is 4.39 Å². The minimum Gasteiger partial charge on any atom is -0.302 e. The summed E-state index contributed by atoms with van der Waals surface area (Å²) in [5.41, 5.74) is 9.49. The number of halogens is 1. The van der Waals surface area contributed by atoms with Crippen molar-refractivity contribution in [1.82, 2.24) is 4.90 Å². The van der Waals surface area contributed by atoms with E-state index >= 15 is 0 Å². The summed E-state index contributed by atoms with van der Waals surface area (Å²) in [4.78, 5) is 2.31. The third kappa shape index (κ3) is 6.36. The van der Waals surface area contributed by atoms with Crippen LogP contribution in [-0.4, -0.2) is 37.3 Å². The van der Waals surface area contributed by atoms with E-state index in [2.05, 4.69) is 62.8 Å². The van der Waals surface area contributed by atoms with Gasteiger partial charge in [0.25, 0.3) is 6.56 Å². The molecule has 0 saturated heterocycles. The molecular formula is C28H34BFN2S. The summed E-state index contributed by atoms with van der Waals surface area (Å²) in [6.07, 6.45) is 12.6. The van der Waals surface area contributed by atoms with E-state index in [0.717, 1.165) is 66.1 Å². The van der Waals surface area contributed by atoms with Gasteiger partial charge in [0, 0.05) is 18.7 Å². The molecule has 5 heteroatoms. The number of rotatable bonds is 7. The first-order valence-corrected chi connectivity index (χ1v) is 12.5. The Bertz CT molecular complexity index is 1080. The van der Waals surface area contributed by atoms with Crippen LogP contribution in [-0.2, 0) is 0 Å². The Morgan fingerprint density at radius 1 is 1.30 bits per heavy atom. The summed E-state index contributed by atoms with van der Waals surface area (Å²) < 4.78 is 19.4. The van der Waals surface area contributed by atoms with Crippen molar-refractivity contribution in [3.8, 4) is 0 Å². The Hall–Kier alpha value is -2.37. The third-order valence-electron chi connectivity index (χ3n) is 6.28. The molecule has 33 heavy (non-hydrogen) atoms. The Morgan fingerprint density at radius 2 is 2.09 bits per heavy atom. The van der Waals surface area contributed by atoms with Crippen molar-refractivity contribution in [3.63, 3.8) is 0 Å². The molecule has 2 nitrogen and oxygen atoms in total. The molecule has 0 N–H and O–H groups in total. The van der Waals surface area contributed by atoms with Gasteiger partial charge in [-0.3, -0.25) is 0 Å². The standard InChI is InChI=1S/C28H34BFN2S/c1-7-25-24(18-22(5)27-20(3)11-9-13-26(27)30)28(31-33-29-25)21(4)12-8-10-19(2)23-14-16-32(6)17-15-23/h8-14,18,29H,2,7,15-17H2,1,3-6H3/b10-8-,21-12+,22-18+. The van der Waals surface area contributed by atoms with Gasteiger partial charge in [0.05, 0.1) is 5.71 Å². The maximum absolute atomic E-state index is 14.6. The Balaban J connectivity index is 1.87. The highest BCUT2D eigenvalue weighted by atomic mass is 32.2. The van der Waals surface area contributed by atoms with Gasteiger partial charge in [0.2, 0.25) is 0 Å². The molecule has 0 bridgehead atoms. The van der Waals surface area contributed by atoms with Crippen LogP contribution >= 0.6 is 11.8 Å². The molecule has 0 radical (unpaired) electrons.